The van der Waals surface area contributed by atoms with Crippen molar-refractivity contribution in [1.29, 1.82) is 5.26 Å². The van der Waals surface area contributed by atoms with Gasteiger partial charge >= 0.3 is 0 Å². The van der Waals surface area contributed by atoms with Gasteiger partial charge in [-0.15, -0.1) is 11.3 Å². The lowest BCUT2D eigenvalue weighted by Crippen LogP contribution is -2.26. The van der Waals surface area contributed by atoms with Crippen LogP contribution in [0.15, 0.2) is 29.6 Å². The third-order valence-corrected chi connectivity index (χ3v) is 4.82. The van der Waals surface area contributed by atoms with Gasteiger partial charge in [0, 0.05) is 19.5 Å². The van der Waals surface area contributed by atoms with E-state index in [9.17, 15) is 4.79 Å². The van der Waals surface area contributed by atoms with Gasteiger partial charge in [0.25, 0.3) is 0 Å². The number of carbonyl (C=O) groups is 1. The van der Waals surface area contributed by atoms with Crippen LogP contribution >= 0.6 is 11.3 Å². The molecule has 0 unspecified atom stereocenters. The van der Waals surface area contributed by atoms with Crippen molar-refractivity contribution in [3.05, 3.63) is 40.8 Å². The number of anilines is 1. The molecule has 1 aromatic carbocycles. The number of rotatable bonds is 9. The SMILES string of the molecule is COc1ccc(CCN(C)CCC(=O)Nc2sccc2C#N)cc1OC. The van der Waals surface area contributed by atoms with Gasteiger partial charge in [-0.1, -0.05) is 6.07 Å². The zero-order valence-corrected chi connectivity index (χ0v) is 16.1. The molecule has 0 aliphatic heterocycles. The minimum atomic E-state index is -0.0816. The van der Waals surface area contributed by atoms with Gasteiger partial charge in [-0.2, -0.15) is 5.26 Å². The van der Waals surface area contributed by atoms with Crippen LogP contribution in [0.3, 0.4) is 0 Å². The molecule has 2 rings (SSSR count). The van der Waals surface area contributed by atoms with E-state index in [0.29, 0.717) is 29.3 Å². The van der Waals surface area contributed by atoms with Crippen LogP contribution < -0.4 is 14.8 Å². The van der Waals surface area contributed by atoms with E-state index in [1.165, 1.54) is 11.3 Å². The Hall–Kier alpha value is -2.56. The molecule has 0 saturated carbocycles. The van der Waals surface area contributed by atoms with E-state index >= 15 is 0 Å². The lowest BCUT2D eigenvalue weighted by molar-refractivity contribution is -0.116. The van der Waals surface area contributed by atoms with Gasteiger partial charge in [0.2, 0.25) is 5.91 Å². The number of thiophene rings is 1. The minimum Gasteiger partial charge on any atom is -0.493 e. The summed E-state index contributed by atoms with van der Waals surface area (Å²) >= 11 is 1.36. The average molecular weight is 373 g/mol. The normalized spacial score (nSPS) is 10.4. The number of hydrogen-bond donors (Lipinski definition) is 1. The van der Waals surface area contributed by atoms with E-state index in [1.54, 1.807) is 25.7 Å². The molecule has 2 aromatic rings. The molecule has 0 fully saturated rings. The van der Waals surface area contributed by atoms with E-state index in [2.05, 4.69) is 16.3 Å². The summed E-state index contributed by atoms with van der Waals surface area (Å²) in [6.45, 7) is 1.47. The molecule has 1 aromatic heterocycles. The van der Waals surface area contributed by atoms with Crippen LogP contribution in [-0.2, 0) is 11.2 Å². The summed E-state index contributed by atoms with van der Waals surface area (Å²) in [5, 5.41) is 14.2. The first-order valence-electron chi connectivity index (χ1n) is 8.24. The van der Waals surface area contributed by atoms with Crippen LogP contribution in [0.1, 0.15) is 17.5 Å². The molecular formula is C19H23N3O3S. The summed E-state index contributed by atoms with van der Waals surface area (Å²) in [5.41, 5.74) is 1.65. The molecule has 0 bridgehead atoms. The predicted molar refractivity (Wildman–Crippen MR) is 103 cm³/mol. The van der Waals surface area contributed by atoms with Crippen LogP contribution in [-0.4, -0.2) is 45.2 Å². The summed E-state index contributed by atoms with van der Waals surface area (Å²) < 4.78 is 10.6. The van der Waals surface area contributed by atoms with Crippen molar-refractivity contribution in [1.82, 2.24) is 4.90 Å². The smallest absolute Gasteiger partial charge is 0.226 e. The molecule has 26 heavy (non-hydrogen) atoms. The average Bonchev–Trinajstić information content (AvgIpc) is 3.11. The zero-order valence-electron chi connectivity index (χ0n) is 15.2. The summed E-state index contributed by atoms with van der Waals surface area (Å²) in [6.07, 6.45) is 1.23. The second-order valence-electron chi connectivity index (χ2n) is 5.82. The Bertz CT molecular complexity index is 783. The van der Waals surface area contributed by atoms with E-state index in [4.69, 9.17) is 14.7 Å². The molecule has 0 radical (unpaired) electrons. The Kier molecular flexibility index (Phi) is 7.45. The highest BCUT2D eigenvalue weighted by molar-refractivity contribution is 7.14. The standard InChI is InChI=1S/C19H23N3O3S/c1-22(9-6-14-4-5-16(24-2)17(12-14)25-3)10-7-18(23)21-19-15(13-20)8-11-26-19/h4-5,8,11-12H,6-7,9-10H2,1-3H3,(H,21,23). The third kappa shape index (κ3) is 5.48. The zero-order chi connectivity index (χ0) is 18.9. The Balaban J connectivity index is 1.77. The number of nitrogens with one attached hydrogen (secondary N) is 1. The van der Waals surface area contributed by atoms with Crippen LogP contribution in [0.4, 0.5) is 5.00 Å². The van der Waals surface area contributed by atoms with Gasteiger partial charge in [0.05, 0.1) is 19.8 Å². The number of likely N-dealkylation sites (N-methyl/N-ethyl adjacent to an activating group) is 1. The molecule has 0 spiro atoms. The molecule has 0 aliphatic carbocycles. The van der Waals surface area contributed by atoms with Crippen molar-refractivity contribution in [3.63, 3.8) is 0 Å². The fourth-order valence-corrected chi connectivity index (χ4v) is 3.20. The largest absolute Gasteiger partial charge is 0.493 e. The first-order chi connectivity index (χ1) is 12.6. The maximum Gasteiger partial charge on any atom is 0.226 e. The second kappa shape index (κ2) is 9.80. The summed E-state index contributed by atoms with van der Waals surface area (Å²) in [6, 6.07) is 9.66. The van der Waals surface area contributed by atoms with E-state index in [0.717, 1.165) is 24.3 Å². The molecular weight excluding hydrogens is 350 g/mol. The van der Waals surface area contributed by atoms with Crippen LogP contribution in [0, 0.1) is 11.3 Å². The fourth-order valence-electron chi connectivity index (χ4n) is 2.44. The van der Waals surface area contributed by atoms with Crippen molar-refractivity contribution >= 4 is 22.2 Å². The van der Waals surface area contributed by atoms with Crippen molar-refractivity contribution in [2.45, 2.75) is 12.8 Å². The van der Waals surface area contributed by atoms with Gasteiger partial charge in [-0.25, -0.2) is 0 Å². The summed E-state index contributed by atoms with van der Waals surface area (Å²) in [5.74, 6) is 1.35. The van der Waals surface area contributed by atoms with Crippen molar-refractivity contribution in [2.75, 3.05) is 39.7 Å². The lowest BCUT2D eigenvalue weighted by Gasteiger charge is -2.17. The molecule has 1 heterocycles. The molecule has 0 saturated heterocycles. The number of ether oxygens (including phenoxy) is 2. The molecule has 0 aliphatic rings. The number of benzene rings is 1. The molecule has 1 amide bonds. The van der Waals surface area contributed by atoms with Gasteiger partial charge < -0.3 is 19.7 Å². The van der Waals surface area contributed by atoms with Gasteiger partial charge in [0.15, 0.2) is 11.5 Å². The van der Waals surface area contributed by atoms with E-state index in [1.807, 2.05) is 25.2 Å². The molecule has 138 valence electrons. The summed E-state index contributed by atoms with van der Waals surface area (Å²) in [4.78, 5) is 14.1. The number of carbonyl (C=O) groups excluding carboxylic acids is 1. The highest BCUT2D eigenvalue weighted by Gasteiger charge is 2.10. The van der Waals surface area contributed by atoms with Crippen molar-refractivity contribution in [3.8, 4) is 17.6 Å². The van der Waals surface area contributed by atoms with Crippen LogP contribution in [0.2, 0.25) is 0 Å². The van der Waals surface area contributed by atoms with E-state index < -0.39 is 0 Å². The van der Waals surface area contributed by atoms with Gasteiger partial charge in [-0.3, -0.25) is 4.79 Å². The maximum atomic E-state index is 12.0. The van der Waals surface area contributed by atoms with Gasteiger partial charge in [-0.05, 0) is 42.6 Å². The third-order valence-electron chi connectivity index (χ3n) is 3.99. The predicted octanol–water partition coefficient (Wildman–Crippen LogP) is 3.14. The van der Waals surface area contributed by atoms with Crippen LogP contribution in [0.5, 0.6) is 11.5 Å². The van der Waals surface area contributed by atoms with Crippen molar-refractivity contribution < 1.29 is 14.3 Å². The molecule has 1 N–H and O–H groups in total. The Labute approximate surface area is 158 Å². The number of hydrogen-bond acceptors (Lipinski definition) is 6. The number of methoxy groups -OCH3 is 2. The Morgan fingerprint density at radius 1 is 1.23 bits per heavy atom. The van der Waals surface area contributed by atoms with Crippen molar-refractivity contribution in [2.24, 2.45) is 0 Å². The number of amides is 1. The summed E-state index contributed by atoms with van der Waals surface area (Å²) in [7, 11) is 5.23. The fraction of sp³-hybridized carbons (Fsp3) is 0.368. The number of nitrogens with zero attached hydrogens (tertiary/aromatic N) is 2. The first-order valence-corrected chi connectivity index (χ1v) is 9.12. The van der Waals surface area contributed by atoms with E-state index in [-0.39, 0.29) is 5.91 Å². The quantitative estimate of drug-likeness (QED) is 0.731. The highest BCUT2D eigenvalue weighted by atomic mass is 32.1. The first kappa shape index (κ1) is 19.8. The Morgan fingerprint density at radius 2 is 2.00 bits per heavy atom. The second-order valence-corrected chi connectivity index (χ2v) is 6.73. The monoisotopic (exact) mass is 373 g/mol. The van der Waals surface area contributed by atoms with Gasteiger partial charge in [0.1, 0.15) is 11.1 Å². The minimum absolute atomic E-state index is 0.0816. The topological polar surface area (TPSA) is 74.6 Å². The molecule has 6 nitrogen and oxygen atoms in total. The maximum absolute atomic E-state index is 12.0. The number of nitriles is 1. The molecule has 0 atom stereocenters. The molecule has 7 heteroatoms. The highest BCUT2D eigenvalue weighted by Crippen LogP contribution is 2.27. The lowest BCUT2D eigenvalue weighted by atomic mass is 10.1. The van der Waals surface area contributed by atoms with Crippen LogP contribution in [0.25, 0.3) is 0 Å². The Morgan fingerprint density at radius 3 is 2.69 bits per heavy atom.